The fourth-order valence-corrected chi connectivity index (χ4v) is 1.76. The number of halogens is 3. The van der Waals surface area contributed by atoms with Crippen LogP contribution in [0, 0.1) is 17.5 Å². The number of nitrogens with one attached hydrogen (secondary N) is 1. The van der Waals surface area contributed by atoms with Gasteiger partial charge in [-0.2, -0.15) is 0 Å². The number of hydrogen-bond donors (Lipinski definition) is 2. The first kappa shape index (κ1) is 17.3. The van der Waals surface area contributed by atoms with Crippen LogP contribution in [0.2, 0.25) is 0 Å². The van der Waals surface area contributed by atoms with Crippen molar-refractivity contribution in [3.05, 3.63) is 29.6 Å². The number of anilines is 1. The highest BCUT2D eigenvalue weighted by Gasteiger charge is 2.16. The Kier molecular flexibility index (Phi) is 7.01. The van der Waals surface area contributed by atoms with Gasteiger partial charge in [-0.05, 0) is 12.8 Å². The van der Waals surface area contributed by atoms with Crippen molar-refractivity contribution >= 4 is 11.7 Å². The van der Waals surface area contributed by atoms with Gasteiger partial charge in [0.1, 0.15) is 0 Å². The minimum Gasteiger partial charge on any atom is -0.396 e. The molecule has 0 saturated carbocycles. The summed E-state index contributed by atoms with van der Waals surface area (Å²) in [7, 11) is 0. The lowest BCUT2D eigenvalue weighted by molar-refractivity contribution is 0.201. The number of hydrogen-bond acceptors (Lipinski definition) is 2. The van der Waals surface area contributed by atoms with Crippen molar-refractivity contribution in [2.75, 3.05) is 25.0 Å². The molecule has 0 fully saturated rings. The van der Waals surface area contributed by atoms with Crippen LogP contribution in [0.3, 0.4) is 0 Å². The summed E-state index contributed by atoms with van der Waals surface area (Å²) in [6.07, 6.45) is 2.05. The van der Waals surface area contributed by atoms with Gasteiger partial charge in [-0.1, -0.05) is 13.3 Å². The second kappa shape index (κ2) is 8.51. The Bertz CT molecular complexity index is 452. The van der Waals surface area contributed by atoms with Gasteiger partial charge in [0.25, 0.3) is 0 Å². The van der Waals surface area contributed by atoms with Crippen LogP contribution in [0.1, 0.15) is 26.2 Å². The molecule has 0 spiro atoms. The summed E-state index contributed by atoms with van der Waals surface area (Å²) in [5, 5.41) is 11.1. The predicted octanol–water partition coefficient (Wildman–Crippen LogP) is 3.12. The van der Waals surface area contributed by atoms with Crippen LogP contribution in [0.25, 0.3) is 0 Å². The lowest BCUT2D eigenvalue weighted by Crippen LogP contribution is -2.36. The van der Waals surface area contributed by atoms with Crippen LogP contribution in [0.5, 0.6) is 0 Å². The minimum atomic E-state index is -1.57. The molecule has 1 rings (SSSR count). The minimum absolute atomic E-state index is 0.0598. The number of aliphatic hydroxyl groups excluding tert-OH is 1. The van der Waals surface area contributed by atoms with Gasteiger partial charge in [0.05, 0.1) is 0 Å². The summed E-state index contributed by atoms with van der Waals surface area (Å²) in [5.74, 6) is -4.29. The molecule has 0 atom stereocenters. The first-order chi connectivity index (χ1) is 9.99. The van der Waals surface area contributed by atoms with E-state index in [4.69, 9.17) is 5.11 Å². The van der Waals surface area contributed by atoms with Crippen LogP contribution in [0.15, 0.2) is 12.1 Å². The van der Waals surface area contributed by atoms with Crippen molar-refractivity contribution in [3.63, 3.8) is 0 Å². The SMILES string of the molecule is CCCCN(CCCO)C(=O)Nc1cc(F)c(F)c(F)c1. The third-order valence-corrected chi connectivity index (χ3v) is 2.89. The quantitative estimate of drug-likeness (QED) is 0.760. The Morgan fingerprint density at radius 3 is 2.29 bits per heavy atom. The number of amides is 2. The summed E-state index contributed by atoms with van der Waals surface area (Å²) in [5.41, 5.74) is -0.151. The molecular weight excluding hydrogens is 285 g/mol. The van der Waals surface area contributed by atoms with Crippen LogP contribution >= 0.6 is 0 Å². The van der Waals surface area contributed by atoms with Crippen molar-refractivity contribution < 1.29 is 23.1 Å². The molecule has 1 aromatic carbocycles. The normalized spacial score (nSPS) is 10.5. The van der Waals surface area contributed by atoms with Crippen molar-refractivity contribution in [2.45, 2.75) is 26.2 Å². The van der Waals surface area contributed by atoms with E-state index in [9.17, 15) is 18.0 Å². The maximum atomic E-state index is 13.1. The molecule has 2 N–H and O–H groups in total. The van der Waals surface area contributed by atoms with Gasteiger partial charge in [0.15, 0.2) is 17.5 Å². The smallest absolute Gasteiger partial charge is 0.321 e. The molecule has 1 aromatic rings. The molecule has 0 bridgehead atoms. The number of aliphatic hydroxyl groups is 1. The monoisotopic (exact) mass is 304 g/mol. The molecule has 7 heteroatoms. The average Bonchev–Trinajstić information content (AvgIpc) is 2.44. The van der Waals surface area contributed by atoms with E-state index in [1.807, 2.05) is 6.92 Å². The highest BCUT2D eigenvalue weighted by molar-refractivity contribution is 5.89. The van der Waals surface area contributed by atoms with E-state index in [-0.39, 0.29) is 12.3 Å². The zero-order chi connectivity index (χ0) is 15.8. The number of urea groups is 1. The lowest BCUT2D eigenvalue weighted by Gasteiger charge is -2.22. The Balaban J connectivity index is 2.75. The summed E-state index contributed by atoms with van der Waals surface area (Å²) >= 11 is 0. The number of carbonyl (C=O) groups excluding carboxylic acids is 1. The molecule has 0 aliphatic heterocycles. The van der Waals surface area contributed by atoms with E-state index in [0.717, 1.165) is 25.0 Å². The molecule has 118 valence electrons. The fraction of sp³-hybridized carbons (Fsp3) is 0.500. The van der Waals surface area contributed by atoms with E-state index in [1.54, 1.807) is 0 Å². The molecule has 4 nitrogen and oxygen atoms in total. The second-order valence-corrected chi connectivity index (χ2v) is 4.60. The van der Waals surface area contributed by atoms with E-state index >= 15 is 0 Å². The number of benzene rings is 1. The van der Waals surface area contributed by atoms with E-state index in [1.165, 1.54) is 4.90 Å². The molecule has 0 aromatic heterocycles. The van der Waals surface area contributed by atoms with Gasteiger partial charge in [-0.25, -0.2) is 18.0 Å². The average molecular weight is 304 g/mol. The van der Waals surface area contributed by atoms with E-state index < -0.39 is 23.5 Å². The standard InChI is InChI=1S/C14H19F3N2O2/c1-2-3-5-19(6-4-7-20)14(21)18-10-8-11(15)13(17)12(16)9-10/h8-9,20H,2-7H2,1H3,(H,18,21). The Morgan fingerprint density at radius 2 is 1.76 bits per heavy atom. The molecule has 2 amide bonds. The number of rotatable bonds is 7. The molecule has 0 heterocycles. The van der Waals surface area contributed by atoms with Crippen molar-refractivity contribution in [1.29, 1.82) is 0 Å². The Labute approximate surface area is 121 Å². The summed E-state index contributed by atoms with van der Waals surface area (Å²) in [6.45, 7) is 2.70. The third-order valence-electron chi connectivity index (χ3n) is 2.89. The molecular formula is C14H19F3N2O2. The predicted molar refractivity (Wildman–Crippen MR) is 73.5 cm³/mol. The molecule has 0 aliphatic rings. The highest BCUT2D eigenvalue weighted by Crippen LogP contribution is 2.17. The lowest BCUT2D eigenvalue weighted by atomic mass is 10.2. The zero-order valence-electron chi connectivity index (χ0n) is 11.8. The third kappa shape index (κ3) is 5.26. The van der Waals surface area contributed by atoms with Gasteiger partial charge in [-0.3, -0.25) is 0 Å². The number of nitrogens with zero attached hydrogens (tertiary/aromatic N) is 1. The van der Waals surface area contributed by atoms with Crippen LogP contribution in [0.4, 0.5) is 23.7 Å². The topological polar surface area (TPSA) is 52.6 Å². The Hall–Kier alpha value is -1.76. The largest absolute Gasteiger partial charge is 0.396 e. The summed E-state index contributed by atoms with van der Waals surface area (Å²) in [4.78, 5) is 13.5. The van der Waals surface area contributed by atoms with Crippen LogP contribution < -0.4 is 5.32 Å². The summed E-state index contributed by atoms with van der Waals surface area (Å²) in [6, 6.07) is 0.906. The summed E-state index contributed by atoms with van der Waals surface area (Å²) < 4.78 is 39.0. The highest BCUT2D eigenvalue weighted by atomic mass is 19.2. The van der Waals surface area contributed by atoms with E-state index in [2.05, 4.69) is 5.32 Å². The van der Waals surface area contributed by atoms with Crippen molar-refractivity contribution in [2.24, 2.45) is 0 Å². The van der Waals surface area contributed by atoms with Crippen molar-refractivity contribution in [3.8, 4) is 0 Å². The van der Waals surface area contributed by atoms with Gasteiger partial charge >= 0.3 is 6.03 Å². The van der Waals surface area contributed by atoms with Gasteiger partial charge < -0.3 is 15.3 Å². The molecule has 0 saturated heterocycles. The van der Waals surface area contributed by atoms with Crippen LogP contribution in [-0.4, -0.2) is 35.7 Å². The van der Waals surface area contributed by atoms with Crippen molar-refractivity contribution in [1.82, 2.24) is 4.90 Å². The van der Waals surface area contributed by atoms with Gasteiger partial charge in [-0.15, -0.1) is 0 Å². The van der Waals surface area contributed by atoms with E-state index in [0.29, 0.717) is 19.5 Å². The maximum absolute atomic E-state index is 13.1. The first-order valence-electron chi connectivity index (χ1n) is 6.81. The second-order valence-electron chi connectivity index (χ2n) is 4.60. The molecule has 0 radical (unpaired) electrons. The molecule has 0 unspecified atom stereocenters. The number of unbranched alkanes of at least 4 members (excludes halogenated alkanes) is 1. The number of carbonyl (C=O) groups is 1. The van der Waals surface area contributed by atoms with Crippen LogP contribution in [-0.2, 0) is 0 Å². The first-order valence-corrected chi connectivity index (χ1v) is 6.81. The van der Waals surface area contributed by atoms with Gasteiger partial charge in [0.2, 0.25) is 0 Å². The van der Waals surface area contributed by atoms with Gasteiger partial charge in [0, 0.05) is 37.5 Å². The maximum Gasteiger partial charge on any atom is 0.321 e. The molecule has 21 heavy (non-hydrogen) atoms. The zero-order valence-corrected chi connectivity index (χ0v) is 11.8. The Morgan fingerprint density at radius 1 is 1.19 bits per heavy atom. The molecule has 0 aliphatic carbocycles. The fourth-order valence-electron chi connectivity index (χ4n) is 1.76.